The highest BCUT2D eigenvalue weighted by Gasteiger charge is 2.60. The van der Waals surface area contributed by atoms with Crippen molar-refractivity contribution in [1.29, 1.82) is 0 Å². The van der Waals surface area contributed by atoms with Gasteiger partial charge in [-0.25, -0.2) is 9.69 Å². The first kappa shape index (κ1) is 21.9. The topological polar surface area (TPSA) is 102 Å². The molecule has 4 atom stereocenters. The number of esters is 1. The van der Waals surface area contributed by atoms with Gasteiger partial charge in [0.15, 0.2) is 6.61 Å². The average Bonchev–Trinajstić information content (AvgIpc) is 3.47. The number of nitrogens with one attached hydrogen (secondary N) is 1. The maximum atomic E-state index is 13.1. The third-order valence-corrected chi connectivity index (χ3v) is 6.91. The van der Waals surface area contributed by atoms with Crippen molar-refractivity contribution in [3.63, 3.8) is 0 Å². The molecule has 3 amide bonds. The number of rotatable bonds is 6. The van der Waals surface area contributed by atoms with Crippen molar-refractivity contribution < 1.29 is 28.7 Å². The van der Waals surface area contributed by atoms with Crippen LogP contribution in [0.15, 0.2) is 60.2 Å². The maximum Gasteiger partial charge on any atom is 0.338 e. The van der Waals surface area contributed by atoms with E-state index in [1.54, 1.807) is 36.4 Å². The van der Waals surface area contributed by atoms with Crippen LogP contribution in [-0.4, -0.2) is 37.4 Å². The highest BCUT2D eigenvalue weighted by Crippen LogP contribution is 2.55. The normalized spacial score (nSPS) is 24.6. The Hall–Kier alpha value is -3.94. The third-order valence-electron chi connectivity index (χ3n) is 6.91. The van der Waals surface area contributed by atoms with E-state index in [0.29, 0.717) is 17.1 Å². The fourth-order valence-electron chi connectivity index (χ4n) is 5.41. The first-order chi connectivity index (χ1) is 16.4. The molecule has 1 heterocycles. The fraction of sp³-hybridized carbons (Fsp3) is 0.308. The number of ether oxygens (including phenoxy) is 2. The Bertz CT molecular complexity index is 1240. The summed E-state index contributed by atoms with van der Waals surface area (Å²) in [6.07, 6.45) is 2.97. The molecule has 1 aliphatic heterocycles. The first-order valence-electron chi connectivity index (χ1n) is 11.1. The lowest BCUT2D eigenvalue weighted by Gasteiger charge is -2.19. The predicted molar refractivity (Wildman–Crippen MR) is 123 cm³/mol. The summed E-state index contributed by atoms with van der Waals surface area (Å²) < 4.78 is 10.3. The van der Waals surface area contributed by atoms with Crippen LogP contribution < -0.4 is 15.0 Å². The zero-order valence-electron chi connectivity index (χ0n) is 18.8. The Morgan fingerprint density at radius 2 is 1.82 bits per heavy atom. The number of hydrogen-bond acceptors (Lipinski definition) is 6. The van der Waals surface area contributed by atoms with E-state index in [0.717, 1.165) is 6.42 Å². The van der Waals surface area contributed by atoms with Gasteiger partial charge < -0.3 is 14.8 Å². The van der Waals surface area contributed by atoms with Gasteiger partial charge in [-0.1, -0.05) is 23.8 Å². The Morgan fingerprint density at radius 1 is 1.06 bits per heavy atom. The number of benzene rings is 2. The molecule has 0 spiro atoms. The molecule has 8 nitrogen and oxygen atoms in total. The van der Waals surface area contributed by atoms with Crippen molar-refractivity contribution in [2.24, 2.45) is 23.7 Å². The van der Waals surface area contributed by atoms with Crippen LogP contribution in [0.2, 0.25) is 0 Å². The van der Waals surface area contributed by atoms with E-state index in [4.69, 9.17) is 9.47 Å². The summed E-state index contributed by atoms with van der Waals surface area (Å²) in [4.78, 5) is 52.2. The monoisotopic (exact) mass is 460 g/mol. The second-order valence-electron chi connectivity index (χ2n) is 8.89. The van der Waals surface area contributed by atoms with Crippen LogP contribution in [0.1, 0.15) is 23.7 Å². The quantitative estimate of drug-likeness (QED) is 0.404. The number of nitrogens with zero attached hydrogens (tertiary/aromatic N) is 1. The van der Waals surface area contributed by atoms with Crippen LogP contribution in [0.5, 0.6) is 5.75 Å². The second kappa shape index (κ2) is 8.44. The lowest BCUT2D eigenvalue weighted by atomic mass is 9.82. The van der Waals surface area contributed by atoms with Gasteiger partial charge in [0.2, 0.25) is 11.8 Å². The van der Waals surface area contributed by atoms with E-state index in [9.17, 15) is 19.2 Å². The number of hydrogen-bond donors (Lipinski definition) is 1. The van der Waals surface area contributed by atoms with Crippen molar-refractivity contribution >= 4 is 35.1 Å². The van der Waals surface area contributed by atoms with E-state index in [1.807, 2.05) is 6.92 Å². The Balaban J connectivity index is 1.25. The largest absolute Gasteiger partial charge is 0.497 e. The van der Waals surface area contributed by atoms with E-state index in [-0.39, 0.29) is 41.0 Å². The number of methoxy groups -OCH3 is 1. The molecule has 174 valence electrons. The predicted octanol–water partition coefficient (Wildman–Crippen LogP) is 3.19. The van der Waals surface area contributed by atoms with Crippen molar-refractivity contribution in [2.45, 2.75) is 13.3 Å². The van der Waals surface area contributed by atoms with Gasteiger partial charge in [-0.15, -0.1) is 0 Å². The summed E-state index contributed by atoms with van der Waals surface area (Å²) in [6, 6.07) is 13.0. The number of allylic oxidation sites excluding steroid dienone is 2. The molecule has 2 bridgehead atoms. The van der Waals surface area contributed by atoms with Gasteiger partial charge in [-0.2, -0.15) is 0 Å². The number of carbonyl (C=O) groups excluding carboxylic acids is 4. The zero-order valence-corrected chi connectivity index (χ0v) is 18.8. The van der Waals surface area contributed by atoms with Gasteiger partial charge in [-0.05, 0) is 55.5 Å². The number of fused-ring (bicyclic) bond motifs is 5. The summed E-state index contributed by atoms with van der Waals surface area (Å²) in [5.74, 6) is -1.49. The highest BCUT2D eigenvalue weighted by molar-refractivity contribution is 6.23. The number of carbonyl (C=O) groups is 4. The Labute approximate surface area is 196 Å². The van der Waals surface area contributed by atoms with E-state index < -0.39 is 18.5 Å². The molecule has 2 aromatic rings. The maximum absolute atomic E-state index is 13.1. The minimum absolute atomic E-state index is 0.104. The van der Waals surface area contributed by atoms with Gasteiger partial charge in [0.1, 0.15) is 5.75 Å². The SMILES string of the molecule is COc1cccc(NC(=O)COC(=O)c2cccc(N3C(=O)[C@H]4[C@H](C3=O)[C@H]3C=C(C)[C@H]4C3)c2)c1. The molecule has 2 aromatic carbocycles. The van der Waals surface area contributed by atoms with Crippen molar-refractivity contribution in [2.75, 3.05) is 23.9 Å². The molecule has 2 aliphatic carbocycles. The van der Waals surface area contributed by atoms with Gasteiger partial charge in [-0.3, -0.25) is 14.4 Å². The molecule has 1 N–H and O–H groups in total. The fourth-order valence-corrected chi connectivity index (χ4v) is 5.41. The third kappa shape index (κ3) is 3.65. The van der Waals surface area contributed by atoms with E-state index >= 15 is 0 Å². The van der Waals surface area contributed by atoms with Crippen molar-refractivity contribution in [3.05, 3.63) is 65.7 Å². The van der Waals surface area contributed by atoms with Gasteiger partial charge >= 0.3 is 5.97 Å². The summed E-state index contributed by atoms with van der Waals surface area (Å²) in [5, 5.41) is 2.63. The Kier molecular flexibility index (Phi) is 5.43. The van der Waals surface area contributed by atoms with Gasteiger partial charge in [0.05, 0.1) is 30.2 Å². The molecule has 8 heteroatoms. The summed E-state index contributed by atoms with van der Waals surface area (Å²) in [6.45, 7) is 1.53. The van der Waals surface area contributed by atoms with Crippen LogP contribution in [-0.2, 0) is 19.1 Å². The molecule has 1 saturated heterocycles. The van der Waals surface area contributed by atoms with Crippen LogP contribution >= 0.6 is 0 Å². The summed E-state index contributed by atoms with van der Waals surface area (Å²) >= 11 is 0. The molecule has 1 saturated carbocycles. The minimum atomic E-state index is -0.723. The molecule has 3 aliphatic rings. The molecule has 0 radical (unpaired) electrons. The number of imide groups is 1. The molecule has 0 unspecified atom stereocenters. The lowest BCUT2D eigenvalue weighted by molar-refractivity contribution is -0.123. The minimum Gasteiger partial charge on any atom is -0.497 e. The highest BCUT2D eigenvalue weighted by atomic mass is 16.5. The van der Waals surface area contributed by atoms with E-state index in [2.05, 4.69) is 11.4 Å². The number of amides is 3. The smallest absolute Gasteiger partial charge is 0.338 e. The van der Waals surface area contributed by atoms with Gasteiger partial charge in [0.25, 0.3) is 5.91 Å². The molecular weight excluding hydrogens is 436 g/mol. The molecule has 5 rings (SSSR count). The molecular formula is C26H24N2O6. The first-order valence-corrected chi connectivity index (χ1v) is 11.1. The Morgan fingerprint density at radius 3 is 2.62 bits per heavy atom. The molecule has 2 fully saturated rings. The standard InChI is InChI=1S/C26H24N2O6/c1-14-9-16-11-20(14)23-22(16)24(30)28(25(23)31)18-7-3-5-15(10-18)26(32)34-13-21(29)27-17-6-4-8-19(12-17)33-2/h3-10,12,16,20,22-23H,11,13H2,1-2H3,(H,27,29)/t16-,20+,22+,23+/m0/s1. The van der Waals surface area contributed by atoms with Crippen molar-refractivity contribution in [1.82, 2.24) is 0 Å². The molecule has 0 aromatic heterocycles. The van der Waals surface area contributed by atoms with E-state index in [1.165, 1.54) is 29.7 Å². The second-order valence-corrected chi connectivity index (χ2v) is 8.89. The lowest BCUT2D eigenvalue weighted by Crippen LogP contribution is -2.33. The van der Waals surface area contributed by atoms with Crippen LogP contribution in [0.25, 0.3) is 0 Å². The summed E-state index contributed by atoms with van der Waals surface area (Å²) in [5.41, 5.74) is 2.19. The summed E-state index contributed by atoms with van der Waals surface area (Å²) in [7, 11) is 1.52. The number of anilines is 2. The van der Waals surface area contributed by atoms with Crippen LogP contribution in [0, 0.1) is 23.7 Å². The van der Waals surface area contributed by atoms with Crippen LogP contribution in [0.3, 0.4) is 0 Å². The van der Waals surface area contributed by atoms with Gasteiger partial charge in [0, 0.05) is 11.8 Å². The van der Waals surface area contributed by atoms with Crippen LogP contribution in [0.4, 0.5) is 11.4 Å². The molecule has 34 heavy (non-hydrogen) atoms. The van der Waals surface area contributed by atoms with Crippen molar-refractivity contribution in [3.8, 4) is 5.75 Å². The average molecular weight is 460 g/mol. The zero-order chi connectivity index (χ0) is 24.0.